The minimum Gasteiger partial charge on any atom is -0.477 e. The van der Waals surface area contributed by atoms with Gasteiger partial charge in [-0.1, -0.05) is 29.0 Å². The molecule has 0 aliphatic heterocycles. The van der Waals surface area contributed by atoms with Crippen molar-refractivity contribution >= 4 is 34.2 Å². The van der Waals surface area contributed by atoms with E-state index in [2.05, 4.69) is 16.8 Å². The Hall–Kier alpha value is -1.32. The SMILES string of the molecule is CC(=O)SCC#Cc1nc(C)c(C(=O)O)s1. The molecular weight excluding hydrogens is 246 g/mol. The lowest BCUT2D eigenvalue weighted by Crippen LogP contribution is -1.94. The number of carboxylic acid groups (broad SMARTS) is 1. The molecule has 0 bridgehead atoms. The zero-order chi connectivity index (χ0) is 12.1. The summed E-state index contributed by atoms with van der Waals surface area (Å²) in [7, 11) is 0. The predicted molar refractivity (Wildman–Crippen MR) is 63.8 cm³/mol. The highest BCUT2D eigenvalue weighted by atomic mass is 32.2. The molecule has 4 nitrogen and oxygen atoms in total. The van der Waals surface area contributed by atoms with E-state index in [9.17, 15) is 9.59 Å². The number of thioether (sulfide) groups is 1. The third kappa shape index (κ3) is 3.68. The Labute approximate surface area is 101 Å². The van der Waals surface area contributed by atoms with E-state index in [4.69, 9.17) is 5.11 Å². The number of hydrogen-bond acceptors (Lipinski definition) is 5. The van der Waals surface area contributed by atoms with Crippen LogP contribution in [-0.4, -0.2) is 26.9 Å². The van der Waals surface area contributed by atoms with Crippen LogP contribution in [0, 0.1) is 18.8 Å². The number of rotatable bonds is 2. The van der Waals surface area contributed by atoms with E-state index < -0.39 is 5.97 Å². The molecule has 0 spiro atoms. The number of carbonyl (C=O) groups is 2. The summed E-state index contributed by atoms with van der Waals surface area (Å²) in [4.78, 5) is 25.6. The van der Waals surface area contributed by atoms with Crippen LogP contribution in [0.5, 0.6) is 0 Å². The van der Waals surface area contributed by atoms with Crippen molar-refractivity contribution in [3.8, 4) is 11.8 Å². The molecule has 0 fully saturated rings. The summed E-state index contributed by atoms with van der Waals surface area (Å²) in [6, 6.07) is 0. The molecule has 0 aliphatic rings. The number of aryl methyl sites for hydroxylation is 1. The predicted octanol–water partition coefficient (Wildman–Crippen LogP) is 1.78. The van der Waals surface area contributed by atoms with Gasteiger partial charge in [-0.15, -0.1) is 0 Å². The van der Waals surface area contributed by atoms with Gasteiger partial charge in [0.25, 0.3) is 0 Å². The van der Waals surface area contributed by atoms with E-state index in [0.717, 1.165) is 23.1 Å². The minimum absolute atomic E-state index is 0.0100. The molecule has 0 atom stereocenters. The van der Waals surface area contributed by atoms with Gasteiger partial charge in [0.15, 0.2) is 10.1 Å². The highest BCUT2D eigenvalue weighted by molar-refractivity contribution is 8.13. The van der Waals surface area contributed by atoms with E-state index in [1.165, 1.54) is 6.92 Å². The van der Waals surface area contributed by atoms with Gasteiger partial charge < -0.3 is 5.11 Å². The lowest BCUT2D eigenvalue weighted by Gasteiger charge is -1.84. The third-order valence-electron chi connectivity index (χ3n) is 1.53. The van der Waals surface area contributed by atoms with Crippen LogP contribution >= 0.6 is 23.1 Å². The van der Waals surface area contributed by atoms with Crippen molar-refractivity contribution in [2.75, 3.05) is 5.75 Å². The maximum absolute atomic E-state index is 10.7. The summed E-state index contributed by atoms with van der Waals surface area (Å²) in [6.07, 6.45) is 0. The third-order valence-corrected chi connectivity index (χ3v) is 3.29. The molecule has 1 aromatic heterocycles. The first-order chi connectivity index (χ1) is 7.50. The Balaban J connectivity index is 2.71. The van der Waals surface area contributed by atoms with Crippen molar-refractivity contribution in [1.29, 1.82) is 0 Å². The Morgan fingerprint density at radius 3 is 2.75 bits per heavy atom. The van der Waals surface area contributed by atoms with Crippen molar-refractivity contribution in [3.63, 3.8) is 0 Å². The Morgan fingerprint density at radius 2 is 2.25 bits per heavy atom. The van der Waals surface area contributed by atoms with Gasteiger partial charge in [0, 0.05) is 6.92 Å². The molecule has 84 valence electrons. The van der Waals surface area contributed by atoms with Crippen LogP contribution in [0.25, 0.3) is 0 Å². The number of nitrogens with zero attached hydrogens (tertiary/aromatic N) is 1. The molecule has 0 saturated carbocycles. The molecule has 6 heteroatoms. The van der Waals surface area contributed by atoms with Crippen LogP contribution < -0.4 is 0 Å². The van der Waals surface area contributed by atoms with Crippen LogP contribution in [0.3, 0.4) is 0 Å². The van der Waals surface area contributed by atoms with Gasteiger partial charge >= 0.3 is 5.97 Å². The molecule has 16 heavy (non-hydrogen) atoms. The standard InChI is InChI=1S/C10H9NO3S2/c1-6-9(10(13)14)16-8(11-6)4-3-5-15-7(2)12/h5H2,1-2H3,(H,13,14). The highest BCUT2D eigenvalue weighted by Gasteiger charge is 2.12. The molecule has 0 unspecified atom stereocenters. The van der Waals surface area contributed by atoms with Crippen molar-refractivity contribution in [2.24, 2.45) is 0 Å². The lowest BCUT2D eigenvalue weighted by atomic mass is 10.4. The molecule has 1 N–H and O–H groups in total. The van der Waals surface area contributed by atoms with Gasteiger partial charge in [-0.3, -0.25) is 4.79 Å². The van der Waals surface area contributed by atoms with Gasteiger partial charge in [0.05, 0.1) is 11.4 Å². The topological polar surface area (TPSA) is 67.3 Å². The van der Waals surface area contributed by atoms with E-state index in [0.29, 0.717) is 16.5 Å². The monoisotopic (exact) mass is 255 g/mol. The summed E-state index contributed by atoms with van der Waals surface area (Å²) in [5, 5.41) is 9.28. The smallest absolute Gasteiger partial charge is 0.347 e. The van der Waals surface area contributed by atoms with E-state index in [-0.39, 0.29) is 9.99 Å². The van der Waals surface area contributed by atoms with Crippen LogP contribution in [0.1, 0.15) is 27.3 Å². The second-order valence-corrected chi connectivity index (χ2v) is 4.97. The molecule has 0 radical (unpaired) electrons. The van der Waals surface area contributed by atoms with Crippen molar-refractivity contribution < 1.29 is 14.7 Å². The normalized spacial score (nSPS) is 9.38. The fourth-order valence-electron chi connectivity index (χ4n) is 0.898. The number of aromatic carboxylic acids is 1. The lowest BCUT2D eigenvalue weighted by molar-refractivity contribution is -0.109. The second kappa shape index (κ2) is 5.68. The van der Waals surface area contributed by atoms with Crippen molar-refractivity contribution in [2.45, 2.75) is 13.8 Å². The fourth-order valence-corrected chi connectivity index (χ4v) is 2.03. The number of hydrogen-bond donors (Lipinski definition) is 1. The van der Waals surface area contributed by atoms with E-state index >= 15 is 0 Å². The molecule has 0 saturated heterocycles. The Bertz CT molecular complexity index is 482. The highest BCUT2D eigenvalue weighted by Crippen LogP contribution is 2.16. The number of carbonyl (C=O) groups excluding carboxylic acids is 1. The molecule has 0 aliphatic carbocycles. The van der Waals surface area contributed by atoms with Gasteiger partial charge in [0.2, 0.25) is 0 Å². The first-order valence-electron chi connectivity index (χ1n) is 4.33. The van der Waals surface area contributed by atoms with Gasteiger partial charge in [-0.25, -0.2) is 9.78 Å². The number of thiazole rings is 1. The summed E-state index contributed by atoms with van der Waals surface area (Å²) in [6.45, 7) is 3.11. The van der Waals surface area contributed by atoms with Crippen molar-refractivity contribution in [1.82, 2.24) is 4.98 Å². The number of carboxylic acids is 1. The first kappa shape index (κ1) is 12.7. The van der Waals surface area contributed by atoms with Crippen LogP contribution in [0.15, 0.2) is 0 Å². The summed E-state index contributed by atoms with van der Waals surface area (Å²) in [5.74, 6) is 4.91. The van der Waals surface area contributed by atoms with Crippen molar-refractivity contribution in [3.05, 3.63) is 15.6 Å². The van der Waals surface area contributed by atoms with Gasteiger partial charge in [0.1, 0.15) is 4.88 Å². The van der Waals surface area contributed by atoms with Crippen LogP contribution in [-0.2, 0) is 4.79 Å². The Kier molecular flexibility index (Phi) is 4.52. The molecule has 1 aromatic rings. The van der Waals surface area contributed by atoms with E-state index in [1.807, 2.05) is 0 Å². The summed E-state index contributed by atoms with van der Waals surface area (Å²) in [5.41, 5.74) is 0.473. The molecule has 1 heterocycles. The summed E-state index contributed by atoms with van der Waals surface area (Å²) >= 11 is 2.16. The zero-order valence-corrected chi connectivity index (χ0v) is 10.4. The van der Waals surface area contributed by atoms with Crippen LogP contribution in [0.4, 0.5) is 0 Å². The fraction of sp³-hybridized carbons (Fsp3) is 0.300. The maximum Gasteiger partial charge on any atom is 0.347 e. The van der Waals surface area contributed by atoms with Gasteiger partial charge in [-0.05, 0) is 12.8 Å². The Morgan fingerprint density at radius 1 is 1.56 bits per heavy atom. The maximum atomic E-state index is 10.7. The molecule has 0 aromatic carbocycles. The van der Waals surface area contributed by atoms with Crippen LogP contribution in [0.2, 0.25) is 0 Å². The quantitative estimate of drug-likeness (QED) is 0.816. The number of aromatic nitrogens is 1. The molecule has 1 rings (SSSR count). The first-order valence-corrected chi connectivity index (χ1v) is 6.14. The zero-order valence-electron chi connectivity index (χ0n) is 8.73. The minimum atomic E-state index is -0.985. The largest absolute Gasteiger partial charge is 0.477 e. The second-order valence-electron chi connectivity index (χ2n) is 2.82. The molecule has 0 amide bonds. The average Bonchev–Trinajstić information content (AvgIpc) is 2.54. The molecular formula is C10H9NO3S2. The van der Waals surface area contributed by atoms with E-state index in [1.54, 1.807) is 6.92 Å². The van der Waals surface area contributed by atoms with Gasteiger partial charge in [-0.2, -0.15) is 0 Å². The average molecular weight is 255 g/mol. The summed E-state index contributed by atoms with van der Waals surface area (Å²) < 4.78 is 0.